The van der Waals surface area contributed by atoms with Crippen LogP contribution in [0, 0.1) is 34.6 Å². The summed E-state index contributed by atoms with van der Waals surface area (Å²) >= 11 is 0. The van der Waals surface area contributed by atoms with E-state index in [4.69, 9.17) is 9.15 Å². The lowest BCUT2D eigenvalue weighted by Gasteiger charge is -2.15. The van der Waals surface area contributed by atoms with E-state index in [-0.39, 0.29) is 5.91 Å². The second-order valence-electron chi connectivity index (χ2n) is 7.61. The number of aryl methyl sites for hydroxylation is 5. The number of rotatable bonds is 5. The van der Waals surface area contributed by atoms with E-state index >= 15 is 0 Å². The molecule has 0 aliphatic rings. The zero-order valence-electron chi connectivity index (χ0n) is 18.3. The molecule has 3 rings (SSSR count). The van der Waals surface area contributed by atoms with E-state index in [1.807, 2.05) is 53.7 Å². The first-order valence-electron chi connectivity index (χ1n) is 9.96. The maximum Gasteiger partial charge on any atom is 0.248 e. The van der Waals surface area contributed by atoms with Gasteiger partial charge in [-0.3, -0.25) is 4.79 Å². The number of nitrogens with one attached hydrogen (secondary N) is 1. The second-order valence-corrected chi connectivity index (χ2v) is 7.61. The molecule has 29 heavy (non-hydrogen) atoms. The van der Waals surface area contributed by atoms with Crippen LogP contribution in [-0.2, 0) is 4.79 Å². The molecule has 1 heterocycles. The summed E-state index contributed by atoms with van der Waals surface area (Å²) in [6, 6.07) is 8.05. The Labute approximate surface area is 172 Å². The van der Waals surface area contributed by atoms with E-state index in [0.29, 0.717) is 6.61 Å². The molecule has 0 fully saturated rings. The average Bonchev–Trinajstić information content (AvgIpc) is 2.94. The first-order chi connectivity index (χ1) is 13.7. The number of hydrogen-bond acceptors (Lipinski definition) is 3. The SMILES string of the molecule is CCOc1c(/C(C)=C/C(=O)Nc2ccc(C)cc2C)cc2c(C)c(C)oc2c1C. The first-order valence-corrected chi connectivity index (χ1v) is 9.96. The minimum absolute atomic E-state index is 0.158. The molecule has 3 aromatic rings. The molecule has 0 saturated heterocycles. The van der Waals surface area contributed by atoms with Crippen molar-refractivity contribution in [3.05, 3.63) is 63.9 Å². The highest BCUT2D eigenvalue weighted by atomic mass is 16.5. The van der Waals surface area contributed by atoms with E-state index in [2.05, 4.69) is 24.4 Å². The van der Waals surface area contributed by atoms with Gasteiger partial charge in [0.1, 0.15) is 17.1 Å². The van der Waals surface area contributed by atoms with Gasteiger partial charge in [0, 0.05) is 28.3 Å². The van der Waals surface area contributed by atoms with Gasteiger partial charge >= 0.3 is 0 Å². The fourth-order valence-corrected chi connectivity index (χ4v) is 3.63. The molecule has 1 N–H and O–H groups in total. The van der Waals surface area contributed by atoms with Crippen LogP contribution in [0.25, 0.3) is 16.5 Å². The van der Waals surface area contributed by atoms with Crippen LogP contribution in [-0.4, -0.2) is 12.5 Å². The Morgan fingerprint density at radius 3 is 2.48 bits per heavy atom. The maximum atomic E-state index is 12.7. The van der Waals surface area contributed by atoms with Gasteiger partial charge in [0.2, 0.25) is 5.91 Å². The lowest BCUT2D eigenvalue weighted by molar-refractivity contribution is -0.111. The number of amides is 1. The normalized spacial score (nSPS) is 11.8. The Morgan fingerprint density at radius 2 is 1.83 bits per heavy atom. The largest absolute Gasteiger partial charge is 0.493 e. The molecule has 0 spiro atoms. The van der Waals surface area contributed by atoms with Gasteiger partial charge in [-0.1, -0.05) is 17.7 Å². The highest BCUT2D eigenvalue weighted by Crippen LogP contribution is 2.38. The summed E-state index contributed by atoms with van der Waals surface area (Å²) in [6.45, 7) is 14.5. The molecule has 1 aromatic heterocycles. The summed E-state index contributed by atoms with van der Waals surface area (Å²) in [5.74, 6) is 1.51. The summed E-state index contributed by atoms with van der Waals surface area (Å²) in [4.78, 5) is 12.7. The van der Waals surface area contributed by atoms with Gasteiger partial charge in [-0.2, -0.15) is 0 Å². The standard InChI is InChI=1S/C25H29NO3/c1-8-28-24-18(6)25-21(17(5)19(7)29-25)13-20(24)15(3)12-23(27)26-22-10-9-14(2)11-16(22)4/h9-13H,8H2,1-7H3,(H,26,27)/b15-12+. The zero-order valence-corrected chi connectivity index (χ0v) is 18.3. The van der Waals surface area contributed by atoms with Crippen LogP contribution in [0.5, 0.6) is 5.75 Å². The summed E-state index contributed by atoms with van der Waals surface area (Å²) in [5, 5.41) is 4.04. The summed E-state index contributed by atoms with van der Waals surface area (Å²) < 4.78 is 11.9. The van der Waals surface area contributed by atoms with Crippen molar-refractivity contribution < 1.29 is 13.9 Å². The Hall–Kier alpha value is -3.01. The van der Waals surface area contributed by atoms with Crippen molar-refractivity contribution in [3.8, 4) is 5.75 Å². The van der Waals surface area contributed by atoms with Crippen molar-refractivity contribution >= 4 is 28.1 Å². The number of anilines is 1. The Morgan fingerprint density at radius 1 is 1.10 bits per heavy atom. The van der Waals surface area contributed by atoms with E-state index in [9.17, 15) is 4.79 Å². The molecular weight excluding hydrogens is 362 g/mol. The van der Waals surface area contributed by atoms with Crippen LogP contribution < -0.4 is 10.1 Å². The molecule has 152 valence electrons. The van der Waals surface area contributed by atoms with Gasteiger partial charge in [-0.25, -0.2) is 0 Å². The number of fused-ring (bicyclic) bond motifs is 1. The third-order valence-corrected chi connectivity index (χ3v) is 5.35. The highest BCUT2D eigenvalue weighted by molar-refractivity contribution is 6.05. The number of carbonyl (C=O) groups excluding carboxylic acids is 1. The van der Waals surface area contributed by atoms with E-state index in [1.165, 1.54) is 5.56 Å². The van der Waals surface area contributed by atoms with Crippen LogP contribution in [0.4, 0.5) is 5.69 Å². The Kier molecular flexibility index (Phi) is 5.83. The number of carbonyl (C=O) groups is 1. The van der Waals surface area contributed by atoms with E-state index in [0.717, 1.165) is 56.0 Å². The third kappa shape index (κ3) is 4.07. The van der Waals surface area contributed by atoms with Crippen molar-refractivity contribution in [2.45, 2.75) is 48.5 Å². The molecule has 0 radical (unpaired) electrons. The quantitative estimate of drug-likeness (QED) is 0.511. The molecule has 0 saturated carbocycles. The Balaban J connectivity index is 2.02. The minimum Gasteiger partial charge on any atom is -0.493 e. The monoisotopic (exact) mass is 391 g/mol. The van der Waals surface area contributed by atoms with Crippen LogP contribution in [0.1, 0.15) is 47.4 Å². The van der Waals surface area contributed by atoms with Crippen molar-refractivity contribution in [3.63, 3.8) is 0 Å². The predicted molar refractivity (Wildman–Crippen MR) is 120 cm³/mol. The first kappa shape index (κ1) is 20.7. The number of allylic oxidation sites excluding steroid dienone is 1. The highest BCUT2D eigenvalue weighted by Gasteiger charge is 2.19. The second kappa shape index (κ2) is 8.16. The van der Waals surface area contributed by atoms with Crippen LogP contribution in [0.3, 0.4) is 0 Å². The van der Waals surface area contributed by atoms with Gasteiger partial charge in [-0.05, 0) is 77.3 Å². The predicted octanol–water partition coefficient (Wildman–Crippen LogP) is 6.42. The van der Waals surface area contributed by atoms with Crippen LogP contribution in [0.15, 0.2) is 34.8 Å². The molecule has 0 unspecified atom stereocenters. The minimum atomic E-state index is -0.158. The van der Waals surface area contributed by atoms with Crippen molar-refractivity contribution in [1.29, 1.82) is 0 Å². The number of benzene rings is 2. The Bertz CT molecular complexity index is 1120. The molecule has 0 atom stereocenters. The topological polar surface area (TPSA) is 51.5 Å². The summed E-state index contributed by atoms with van der Waals surface area (Å²) in [6.07, 6.45) is 1.63. The molecule has 4 nitrogen and oxygen atoms in total. The van der Waals surface area contributed by atoms with Gasteiger partial charge in [0.25, 0.3) is 0 Å². The molecule has 0 aliphatic carbocycles. The third-order valence-electron chi connectivity index (χ3n) is 5.35. The number of ether oxygens (including phenoxy) is 1. The van der Waals surface area contributed by atoms with Gasteiger partial charge in [-0.15, -0.1) is 0 Å². The van der Waals surface area contributed by atoms with Crippen molar-refractivity contribution in [2.24, 2.45) is 0 Å². The lowest BCUT2D eigenvalue weighted by atomic mass is 9.98. The van der Waals surface area contributed by atoms with E-state index in [1.54, 1.807) is 6.08 Å². The fourth-order valence-electron chi connectivity index (χ4n) is 3.63. The zero-order chi connectivity index (χ0) is 21.3. The average molecular weight is 392 g/mol. The lowest BCUT2D eigenvalue weighted by Crippen LogP contribution is -2.10. The summed E-state index contributed by atoms with van der Waals surface area (Å²) in [5.41, 5.74) is 7.71. The van der Waals surface area contributed by atoms with Gasteiger partial charge in [0.05, 0.1) is 6.61 Å². The van der Waals surface area contributed by atoms with Crippen LogP contribution >= 0.6 is 0 Å². The molecule has 1 amide bonds. The molecule has 4 heteroatoms. The molecule has 0 aliphatic heterocycles. The molecular formula is C25H29NO3. The van der Waals surface area contributed by atoms with Gasteiger partial charge in [0.15, 0.2) is 0 Å². The number of hydrogen-bond donors (Lipinski definition) is 1. The van der Waals surface area contributed by atoms with Crippen LogP contribution in [0.2, 0.25) is 0 Å². The number of furan rings is 1. The van der Waals surface area contributed by atoms with Gasteiger partial charge < -0.3 is 14.5 Å². The molecule has 2 aromatic carbocycles. The molecule has 0 bridgehead atoms. The fraction of sp³-hybridized carbons (Fsp3) is 0.320. The van der Waals surface area contributed by atoms with E-state index < -0.39 is 0 Å². The summed E-state index contributed by atoms with van der Waals surface area (Å²) in [7, 11) is 0. The maximum absolute atomic E-state index is 12.7. The van der Waals surface area contributed by atoms with Crippen molar-refractivity contribution in [1.82, 2.24) is 0 Å². The van der Waals surface area contributed by atoms with Crippen molar-refractivity contribution in [2.75, 3.05) is 11.9 Å². The smallest absolute Gasteiger partial charge is 0.248 e.